The lowest BCUT2D eigenvalue weighted by Crippen LogP contribution is -2.26. The molecule has 0 saturated carbocycles. The highest BCUT2D eigenvalue weighted by Crippen LogP contribution is 2.18. The van der Waals surface area contributed by atoms with Gasteiger partial charge in [-0.15, -0.1) is 0 Å². The molecule has 0 unspecified atom stereocenters. The van der Waals surface area contributed by atoms with Gasteiger partial charge < -0.3 is 11.1 Å². The van der Waals surface area contributed by atoms with Gasteiger partial charge in [-0.25, -0.2) is 0 Å². The van der Waals surface area contributed by atoms with Gasteiger partial charge in [0.2, 0.25) is 0 Å². The fraction of sp³-hybridized carbons (Fsp3) is 0.188. The van der Waals surface area contributed by atoms with E-state index in [2.05, 4.69) is 21.2 Å². The summed E-state index contributed by atoms with van der Waals surface area (Å²) >= 11 is 3.40. The first-order chi connectivity index (χ1) is 9.47. The van der Waals surface area contributed by atoms with Crippen molar-refractivity contribution in [2.75, 3.05) is 5.73 Å². The van der Waals surface area contributed by atoms with Crippen LogP contribution in [0.4, 0.5) is 5.69 Å². The summed E-state index contributed by atoms with van der Waals surface area (Å²) in [5.74, 6) is -0.118. The van der Waals surface area contributed by atoms with Crippen molar-refractivity contribution in [3.63, 3.8) is 0 Å². The normalized spacial score (nSPS) is 11.9. The SMILES string of the molecule is Cc1ccc(C(=O)N[C@@H](C)c2ccc(Br)cc2)cc1N. The van der Waals surface area contributed by atoms with Gasteiger partial charge in [-0.05, 0) is 49.2 Å². The molecule has 1 amide bonds. The van der Waals surface area contributed by atoms with Gasteiger partial charge in [-0.3, -0.25) is 4.79 Å². The summed E-state index contributed by atoms with van der Waals surface area (Å²) in [5, 5.41) is 2.97. The molecule has 20 heavy (non-hydrogen) atoms. The van der Waals surface area contributed by atoms with Crippen LogP contribution in [0.1, 0.15) is 34.5 Å². The quantitative estimate of drug-likeness (QED) is 0.839. The van der Waals surface area contributed by atoms with Crippen LogP contribution in [0.25, 0.3) is 0 Å². The Morgan fingerprint density at radius 1 is 1.20 bits per heavy atom. The number of carbonyl (C=O) groups excluding carboxylic acids is 1. The van der Waals surface area contributed by atoms with Crippen LogP contribution in [0.3, 0.4) is 0 Å². The number of nitrogen functional groups attached to an aromatic ring is 1. The van der Waals surface area contributed by atoms with Crippen LogP contribution in [0.15, 0.2) is 46.9 Å². The second-order valence-corrected chi connectivity index (χ2v) is 5.73. The second kappa shape index (κ2) is 6.09. The number of hydrogen-bond acceptors (Lipinski definition) is 2. The fourth-order valence-corrected chi connectivity index (χ4v) is 2.16. The Morgan fingerprint density at radius 2 is 1.85 bits per heavy atom. The Morgan fingerprint density at radius 3 is 2.45 bits per heavy atom. The molecule has 0 aliphatic rings. The zero-order valence-corrected chi connectivity index (χ0v) is 13.1. The van der Waals surface area contributed by atoms with E-state index >= 15 is 0 Å². The zero-order chi connectivity index (χ0) is 14.7. The molecule has 1 atom stereocenters. The molecular formula is C16H17BrN2O. The molecule has 2 aromatic rings. The van der Waals surface area contributed by atoms with Crippen molar-refractivity contribution in [1.29, 1.82) is 0 Å². The van der Waals surface area contributed by atoms with E-state index < -0.39 is 0 Å². The van der Waals surface area contributed by atoms with E-state index in [4.69, 9.17) is 5.73 Å². The second-order valence-electron chi connectivity index (χ2n) is 4.82. The molecule has 0 bridgehead atoms. The molecule has 0 fully saturated rings. The Labute approximate surface area is 127 Å². The lowest BCUT2D eigenvalue weighted by Gasteiger charge is -2.15. The molecule has 4 heteroatoms. The molecule has 2 aromatic carbocycles. The van der Waals surface area contributed by atoms with Gasteiger partial charge in [0.15, 0.2) is 0 Å². The van der Waals surface area contributed by atoms with E-state index in [1.807, 2.05) is 44.2 Å². The number of anilines is 1. The number of aryl methyl sites for hydroxylation is 1. The molecule has 0 radical (unpaired) electrons. The van der Waals surface area contributed by atoms with Crippen molar-refractivity contribution >= 4 is 27.5 Å². The largest absolute Gasteiger partial charge is 0.398 e. The van der Waals surface area contributed by atoms with E-state index in [-0.39, 0.29) is 11.9 Å². The highest BCUT2D eigenvalue weighted by atomic mass is 79.9. The Bertz CT molecular complexity index is 623. The van der Waals surface area contributed by atoms with Crippen LogP contribution in [0.2, 0.25) is 0 Å². The predicted molar refractivity (Wildman–Crippen MR) is 85.6 cm³/mol. The number of rotatable bonds is 3. The lowest BCUT2D eigenvalue weighted by molar-refractivity contribution is 0.0940. The number of nitrogens with two attached hydrogens (primary N) is 1. The minimum absolute atomic E-state index is 0.0573. The Balaban J connectivity index is 2.10. The minimum atomic E-state index is -0.118. The zero-order valence-electron chi connectivity index (χ0n) is 11.5. The molecule has 0 spiro atoms. The number of nitrogens with one attached hydrogen (secondary N) is 1. The van der Waals surface area contributed by atoms with Gasteiger partial charge in [0, 0.05) is 15.7 Å². The molecule has 0 aliphatic heterocycles. The fourth-order valence-electron chi connectivity index (χ4n) is 1.90. The minimum Gasteiger partial charge on any atom is -0.398 e. The van der Waals surface area contributed by atoms with Crippen molar-refractivity contribution in [2.45, 2.75) is 19.9 Å². The maximum Gasteiger partial charge on any atom is 0.251 e. The third-order valence-corrected chi connectivity index (χ3v) is 3.79. The van der Waals surface area contributed by atoms with Gasteiger partial charge in [-0.2, -0.15) is 0 Å². The van der Waals surface area contributed by atoms with Crippen molar-refractivity contribution in [1.82, 2.24) is 5.32 Å². The summed E-state index contributed by atoms with van der Waals surface area (Å²) in [6, 6.07) is 13.2. The van der Waals surface area contributed by atoms with E-state index in [1.165, 1.54) is 0 Å². The van der Waals surface area contributed by atoms with Crippen LogP contribution < -0.4 is 11.1 Å². The average molecular weight is 333 g/mol. The van der Waals surface area contributed by atoms with Crippen molar-refractivity contribution in [3.05, 3.63) is 63.6 Å². The number of benzene rings is 2. The van der Waals surface area contributed by atoms with Crippen molar-refractivity contribution in [3.8, 4) is 0 Å². The average Bonchev–Trinajstić information content (AvgIpc) is 2.42. The smallest absolute Gasteiger partial charge is 0.251 e. The predicted octanol–water partition coefficient (Wildman–Crippen LogP) is 3.83. The molecule has 0 saturated heterocycles. The first kappa shape index (κ1) is 14.6. The van der Waals surface area contributed by atoms with Crippen LogP contribution >= 0.6 is 15.9 Å². The molecule has 104 valence electrons. The third kappa shape index (κ3) is 3.39. The van der Waals surface area contributed by atoms with Crippen molar-refractivity contribution in [2.24, 2.45) is 0 Å². The van der Waals surface area contributed by atoms with E-state index in [0.717, 1.165) is 15.6 Å². The van der Waals surface area contributed by atoms with Crippen LogP contribution in [0, 0.1) is 6.92 Å². The molecule has 3 N–H and O–H groups in total. The van der Waals surface area contributed by atoms with Gasteiger partial charge >= 0.3 is 0 Å². The molecule has 0 heterocycles. The van der Waals surface area contributed by atoms with Crippen LogP contribution in [-0.2, 0) is 0 Å². The van der Waals surface area contributed by atoms with Gasteiger partial charge in [0.1, 0.15) is 0 Å². The number of carbonyl (C=O) groups is 1. The summed E-state index contributed by atoms with van der Waals surface area (Å²) in [6.45, 7) is 3.88. The van der Waals surface area contributed by atoms with Crippen LogP contribution in [0.5, 0.6) is 0 Å². The summed E-state index contributed by atoms with van der Waals surface area (Å²) in [7, 11) is 0. The first-order valence-electron chi connectivity index (χ1n) is 6.40. The Kier molecular flexibility index (Phi) is 4.45. The number of halogens is 1. The number of amides is 1. The molecule has 0 aromatic heterocycles. The maximum absolute atomic E-state index is 12.2. The molecule has 2 rings (SSSR count). The lowest BCUT2D eigenvalue weighted by atomic mass is 10.1. The third-order valence-electron chi connectivity index (χ3n) is 3.26. The molecular weight excluding hydrogens is 316 g/mol. The molecule has 3 nitrogen and oxygen atoms in total. The Hall–Kier alpha value is -1.81. The standard InChI is InChI=1S/C16H17BrN2O/c1-10-3-4-13(9-15(10)18)16(20)19-11(2)12-5-7-14(17)8-6-12/h3-9,11H,18H2,1-2H3,(H,19,20)/t11-/m0/s1. The van der Waals surface area contributed by atoms with E-state index in [1.54, 1.807) is 12.1 Å². The number of hydrogen-bond donors (Lipinski definition) is 2. The highest BCUT2D eigenvalue weighted by Gasteiger charge is 2.12. The van der Waals surface area contributed by atoms with Crippen LogP contribution in [-0.4, -0.2) is 5.91 Å². The van der Waals surface area contributed by atoms with Gasteiger partial charge in [0.05, 0.1) is 6.04 Å². The first-order valence-corrected chi connectivity index (χ1v) is 7.19. The van der Waals surface area contributed by atoms with E-state index in [0.29, 0.717) is 11.3 Å². The van der Waals surface area contributed by atoms with Gasteiger partial charge in [-0.1, -0.05) is 34.1 Å². The summed E-state index contributed by atoms with van der Waals surface area (Å²) < 4.78 is 1.02. The van der Waals surface area contributed by atoms with Gasteiger partial charge in [0.25, 0.3) is 5.91 Å². The maximum atomic E-state index is 12.2. The summed E-state index contributed by atoms with van der Waals surface area (Å²) in [4.78, 5) is 12.2. The highest BCUT2D eigenvalue weighted by molar-refractivity contribution is 9.10. The summed E-state index contributed by atoms with van der Waals surface area (Å²) in [6.07, 6.45) is 0. The molecule has 0 aliphatic carbocycles. The van der Waals surface area contributed by atoms with E-state index in [9.17, 15) is 4.79 Å². The topological polar surface area (TPSA) is 55.1 Å². The van der Waals surface area contributed by atoms with Crippen molar-refractivity contribution < 1.29 is 4.79 Å². The summed E-state index contributed by atoms with van der Waals surface area (Å²) in [5.41, 5.74) is 9.08. The monoisotopic (exact) mass is 332 g/mol.